The molecular formula is C24H27ClF6N4O2. The molecule has 1 amide bonds. The minimum atomic E-state index is -3.06. The van der Waals surface area contributed by atoms with E-state index in [9.17, 15) is 35.9 Å². The Morgan fingerprint density at radius 2 is 1.86 bits per heavy atom. The highest BCUT2D eigenvalue weighted by Gasteiger charge is 2.53. The van der Waals surface area contributed by atoms with Crippen molar-refractivity contribution in [3.05, 3.63) is 63.3 Å². The number of hydrogen-bond acceptors (Lipinski definition) is 4. The van der Waals surface area contributed by atoms with E-state index < -0.39 is 59.5 Å². The largest absolute Gasteiger partial charge is 0.378 e. The zero-order chi connectivity index (χ0) is 26.2. The van der Waals surface area contributed by atoms with Crippen molar-refractivity contribution in [3.63, 3.8) is 0 Å². The van der Waals surface area contributed by atoms with Crippen molar-refractivity contribution in [1.82, 2.24) is 15.2 Å². The van der Waals surface area contributed by atoms with Gasteiger partial charge in [-0.05, 0) is 32.7 Å². The number of hydrogen-bond donors (Lipinski definition) is 3. The normalized spacial score (nSPS) is 21.3. The lowest BCUT2D eigenvalue weighted by atomic mass is 10.0. The summed E-state index contributed by atoms with van der Waals surface area (Å²) in [5, 5.41) is 8.21. The van der Waals surface area contributed by atoms with E-state index in [4.69, 9.17) is 0 Å². The summed E-state index contributed by atoms with van der Waals surface area (Å²) in [6, 6.07) is 2.56. The molecule has 1 saturated carbocycles. The third-order valence-corrected chi connectivity index (χ3v) is 6.80. The number of nitrogens with zero attached hydrogens (tertiary/aromatic N) is 1. The molecule has 2 aromatic rings. The van der Waals surface area contributed by atoms with E-state index >= 15 is 0 Å². The average Bonchev–Trinajstić information content (AvgIpc) is 3.62. The maximum absolute atomic E-state index is 14.6. The predicted molar refractivity (Wildman–Crippen MR) is 128 cm³/mol. The number of carbonyl (C=O) groups excluding carboxylic acids is 1. The fraction of sp³-hybridized carbons (Fsp3) is 0.500. The van der Waals surface area contributed by atoms with Crippen LogP contribution in [0.1, 0.15) is 60.1 Å². The van der Waals surface area contributed by atoms with Crippen LogP contribution in [0.3, 0.4) is 0 Å². The van der Waals surface area contributed by atoms with Gasteiger partial charge in [-0.25, -0.2) is 26.3 Å². The number of halogens is 7. The molecule has 0 radical (unpaired) electrons. The van der Waals surface area contributed by atoms with Crippen LogP contribution in [-0.4, -0.2) is 42.2 Å². The standard InChI is InChI=1S/C24H26F6N4O2.ClH/c1-12(13-3-2-4-14(20(13)26)21(27)28)32-22(36)15-11-34(24(6-7-24)23(29)30)19(35)9-18(15)33-17-5-8-31-10-16(17)25;/h2-4,9,11-12,16-17,21,23,31,33H,5-8,10H2,1H3,(H,32,36);1H/t12-,16+,17-;/m1./s1. The first-order valence-electron chi connectivity index (χ1n) is 11.6. The average molecular weight is 553 g/mol. The Morgan fingerprint density at radius 1 is 1.19 bits per heavy atom. The fourth-order valence-corrected chi connectivity index (χ4v) is 4.48. The van der Waals surface area contributed by atoms with Crippen molar-refractivity contribution in [2.24, 2.45) is 0 Å². The summed E-state index contributed by atoms with van der Waals surface area (Å²) >= 11 is 0. The lowest BCUT2D eigenvalue weighted by Crippen LogP contribution is -2.46. The molecule has 1 saturated heterocycles. The molecule has 3 N–H and O–H groups in total. The van der Waals surface area contributed by atoms with E-state index in [1.807, 2.05) is 0 Å². The van der Waals surface area contributed by atoms with E-state index in [1.165, 1.54) is 19.1 Å². The number of amides is 1. The van der Waals surface area contributed by atoms with Crippen LogP contribution in [-0.2, 0) is 5.54 Å². The number of carbonyl (C=O) groups is 1. The highest BCUT2D eigenvalue weighted by molar-refractivity contribution is 5.99. The highest BCUT2D eigenvalue weighted by atomic mass is 35.5. The zero-order valence-electron chi connectivity index (χ0n) is 19.7. The van der Waals surface area contributed by atoms with Crippen molar-refractivity contribution in [3.8, 4) is 0 Å². The number of alkyl halides is 5. The van der Waals surface area contributed by atoms with Crippen LogP contribution in [0.15, 0.2) is 35.3 Å². The van der Waals surface area contributed by atoms with Gasteiger partial charge >= 0.3 is 0 Å². The predicted octanol–water partition coefficient (Wildman–Crippen LogP) is 4.70. The van der Waals surface area contributed by atoms with Crippen LogP contribution in [0.5, 0.6) is 0 Å². The van der Waals surface area contributed by atoms with Crippen molar-refractivity contribution in [2.75, 3.05) is 18.4 Å². The second-order valence-electron chi connectivity index (χ2n) is 9.22. The van der Waals surface area contributed by atoms with Crippen LogP contribution in [0.2, 0.25) is 0 Å². The molecule has 0 spiro atoms. The van der Waals surface area contributed by atoms with Crippen molar-refractivity contribution < 1.29 is 31.1 Å². The van der Waals surface area contributed by atoms with Gasteiger partial charge in [0.05, 0.1) is 28.9 Å². The Kier molecular flexibility index (Phi) is 8.84. The van der Waals surface area contributed by atoms with E-state index in [-0.39, 0.29) is 48.6 Å². The van der Waals surface area contributed by atoms with Crippen LogP contribution in [0, 0.1) is 5.82 Å². The quantitative estimate of drug-likeness (QED) is 0.415. The Labute approximate surface area is 215 Å². The first-order chi connectivity index (χ1) is 17.0. The molecule has 1 aliphatic carbocycles. The molecule has 1 aromatic heterocycles. The zero-order valence-corrected chi connectivity index (χ0v) is 20.6. The number of nitrogens with one attached hydrogen (secondary N) is 3. The lowest BCUT2D eigenvalue weighted by molar-refractivity contribution is 0.0648. The Hall–Kier alpha value is -2.73. The van der Waals surface area contributed by atoms with Gasteiger partial charge in [0, 0.05) is 24.4 Å². The van der Waals surface area contributed by atoms with Crippen molar-refractivity contribution in [2.45, 2.75) is 62.8 Å². The third kappa shape index (κ3) is 5.74. The van der Waals surface area contributed by atoms with Gasteiger partial charge in [-0.3, -0.25) is 9.59 Å². The third-order valence-electron chi connectivity index (χ3n) is 6.80. The fourth-order valence-electron chi connectivity index (χ4n) is 4.48. The molecule has 1 aliphatic heterocycles. The second-order valence-corrected chi connectivity index (χ2v) is 9.22. The molecule has 6 nitrogen and oxygen atoms in total. The van der Waals surface area contributed by atoms with Gasteiger partial charge < -0.3 is 20.5 Å². The number of aromatic nitrogens is 1. The summed E-state index contributed by atoms with van der Waals surface area (Å²) in [4.78, 5) is 26.0. The van der Waals surface area contributed by atoms with Crippen LogP contribution < -0.4 is 21.5 Å². The van der Waals surface area contributed by atoms with Gasteiger partial charge in [0.25, 0.3) is 24.3 Å². The van der Waals surface area contributed by atoms with E-state index in [0.717, 1.165) is 22.9 Å². The van der Waals surface area contributed by atoms with Gasteiger partial charge in [-0.1, -0.05) is 18.2 Å². The molecule has 1 aromatic carbocycles. The molecule has 2 heterocycles. The minimum absolute atomic E-state index is 0. The van der Waals surface area contributed by atoms with Gasteiger partial charge in [-0.2, -0.15) is 0 Å². The van der Waals surface area contributed by atoms with Crippen LogP contribution >= 0.6 is 12.4 Å². The van der Waals surface area contributed by atoms with Crippen LogP contribution in [0.4, 0.5) is 32.0 Å². The lowest BCUT2D eigenvalue weighted by Gasteiger charge is -2.29. The molecule has 4 rings (SSSR count). The molecule has 0 bridgehead atoms. The molecule has 3 atom stereocenters. The summed E-state index contributed by atoms with van der Waals surface area (Å²) in [6.07, 6.45) is -5.81. The van der Waals surface area contributed by atoms with E-state index in [2.05, 4.69) is 16.0 Å². The van der Waals surface area contributed by atoms with Gasteiger partial charge in [-0.15, -0.1) is 12.4 Å². The summed E-state index contributed by atoms with van der Waals surface area (Å²) in [7, 11) is 0. The first kappa shape index (κ1) is 28.8. The highest BCUT2D eigenvalue weighted by Crippen LogP contribution is 2.48. The monoisotopic (exact) mass is 552 g/mol. The van der Waals surface area contributed by atoms with Crippen molar-refractivity contribution in [1.29, 1.82) is 0 Å². The molecular weight excluding hydrogens is 526 g/mol. The Morgan fingerprint density at radius 3 is 2.46 bits per heavy atom. The number of pyridine rings is 1. The van der Waals surface area contributed by atoms with Gasteiger partial charge in [0.15, 0.2) is 0 Å². The summed E-state index contributed by atoms with van der Waals surface area (Å²) in [5.41, 5.74) is -3.80. The van der Waals surface area contributed by atoms with Gasteiger partial charge in [0.2, 0.25) is 0 Å². The summed E-state index contributed by atoms with van der Waals surface area (Å²) < 4.78 is 83.5. The maximum Gasteiger partial charge on any atom is 0.266 e. The topological polar surface area (TPSA) is 75.2 Å². The van der Waals surface area contributed by atoms with E-state index in [1.54, 1.807) is 0 Å². The summed E-state index contributed by atoms with van der Waals surface area (Å²) in [5.74, 6) is -2.04. The van der Waals surface area contributed by atoms with E-state index in [0.29, 0.717) is 13.0 Å². The minimum Gasteiger partial charge on any atom is -0.378 e. The maximum atomic E-state index is 14.6. The Balaban J connectivity index is 0.00000380. The molecule has 0 unspecified atom stereocenters. The van der Waals surface area contributed by atoms with Crippen LogP contribution in [0.25, 0.3) is 0 Å². The first-order valence-corrected chi connectivity index (χ1v) is 11.6. The molecule has 13 heteroatoms. The van der Waals surface area contributed by atoms with Gasteiger partial charge in [0.1, 0.15) is 17.5 Å². The number of anilines is 1. The smallest absolute Gasteiger partial charge is 0.266 e. The Bertz CT molecular complexity index is 1190. The molecule has 2 fully saturated rings. The molecule has 2 aliphatic rings. The summed E-state index contributed by atoms with van der Waals surface area (Å²) in [6.45, 7) is 1.92. The second kappa shape index (κ2) is 11.3. The molecule has 37 heavy (non-hydrogen) atoms. The number of rotatable bonds is 8. The number of benzene rings is 1. The number of piperidine rings is 1. The molecule has 204 valence electrons. The van der Waals surface area contributed by atoms with Crippen molar-refractivity contribution >= 4 is 24.0 Å². The SMILES string of the molecule is C[C@@H](NC(=O)c1cn(C2(C(F)F)CC2)c(=O)cc1N[C@@H]1CCNC[C@@H]1F)c1cccc(C(F)F)c1F.Cl.